The first kappa shape index (κ1) is 19.4. The van der Waals surface area contributed by atoms with E-state index >= 15 is 0 Å². The van der Waals surface area contributed by atoms with Crippen LogP contribution in [0, 0.1) is 12.8 Å². The van der Waals surface area contributed by atoms with Gasteiger partial charge in [0.25, 0.3) is 0 Å². The molecule has 5 rings (SSSR count). The topological polar surface area (TPSA) is 28.5 Å². The third-order valence-corrected chi connectivity index (χ3v) is 7.08. The zero-order valence-corrected chi connectivity index (χ0v) is 17.9. The molecule has 1 fully saturated rings. The van der Waals surface area contributed by atoms with E-state index in [9.17, 15) is 4.79 Å². The van der Waals surface area contributed by atoms with Crippen LogP contribution in [-0.2, 0) is 24.3 Å². The molecule has 0 unspecified atom stereocenters. The van der Waals surface area contributed by atoms with E-state index in [4.69, 9.17) is 0 Å². The lowest BCUT2D eigenvalue weighted by Crippen LogP contribution is -2.46. The van der Waals surface area contributed by atoms with Crippen LogP contribution >= 0.6 is 0 Å². The Morgan fingerprint density at radius 3 is 2.47 bits per heavy atom. The number of hydrogen-bond donors (Lipinski definition) is 0. The summed E-state index contributed by atoms with van der Waals surface area (Å²) in [5, 5.41) is 1.32. The molecule has 4 nitrogen and oxygen atoms in total. The monoisotopic (exact) mass is 401 g/mol. The number of carbonyl (C=O) groups excluding carboxylic acids is 1. The van der Waals surface area contributed by atoms with Gasteiger partial charge in [0.15, 0.2) is 0 Å². The lowest BCUT2D eigenvalue weighted by atomic mass is 9.90. The average molecular weight is 402 g/mol. The van der Waals surface area contributed by atoms with E-state index in [2.05, 4.69) is 75.9 Å². The molecule has 2 aromatic carbocycles. The van der Waals surface area contributed by atoms with Crippen LogP contribution in [0.25, 0.3) is 10.9 Å². The zero-order valence-electron chi connectivity index (χ0n) is 17.9. The summed E-state index contributed by atoms with van der Waals surface area (Å²) < 4.78 is 2.41. The van der Waals surface area contributed by atoms with Crippen LogP contribution in [0.3, 0.4) is 0 Å². The molecule has 4 heteroatoms. The van der Waals surface area contributed by atoms with E-state index in [1.54, 1.807) is 0 Å². The number of carbonyl (C=O) groups is 1. The van der Waals surface area contributed by atoms with Crippen LogP contribution < -0.4 is 0 Å². The van der Waals surface area contributed by atoms with Gasteiger partial charge in [0.05, 0.1) is 13.1 Å². The van der Waals surface area contributed by atoms with Crippen molar-refractivity contribution in [2.24, 2.45) is 5.92 Å². The van der Waals surface area contributed by atoms with Gasteiger partial charge in [-0.05, 0) is 62.4 Å². The van der Waals surface area contributed by atoms with Crippen LogP contribution in [-0.4, -0.2) is 46.5 Å². The number of nitrogens with zero attached hydrogens (tertiary/aromatic N) is 3. The summed E-state index contributed by atoms with van der Waals surface area (Å²) >= 11 is 0. The maximum absolute atomic E-state index is 13.1. The molecule has 3 aromatic rings. The molecule has 0 N–H and O–H groups in total. The number of amides is 1. The summed E-state index contributed by atoms with van der Waals surface area (Å²) in [7, 11) is 0. The van der Waals surface area contributed by atoms with Crippen molar-refractivity contribution in [1.29, 1.82) is 0 Å². The molecule has 2 aliphatic rings. The minimum atomic E-state index is 0.285. The van der Waals surface area contributed by atoms with E-state index in [-0.39, 0.29) is 5.91 Å². The van der Waals surface area contributed by atoms with Crippen molar-refractivity contribution < 1.29 is 4.79 Å². The number of likely N-dealkylation sites (tertiary alicyclic amines) is 1. The van der Waals surface area contributed by atoms with Gasteiger partial charge in [0, 0.05) is 29.7 Å². The predicted molar refractivity (Wildman–Crippen MR) is 121 cm³/mol. The van der Waals surface area contributed by atoms with Gasteiger partial charge in [-0.1, -0.05) is 48.5 Å². The van der Waals surface area contributed by atoms with Gasteiger partial charge >= 0.3 is 0 Å². The summed E-state index contributed by atoms with van der Waals surface area (Å²) in [4.78, 5) is 17.5. The van der Waals surface area contributed by atoms with Crippen LogP contribution in [0.4, 0.5) is 0 Å². The molecule has 0 bridgehead atoms. The number of piperidine rings is 1. The molecule has 0 aliphatic carbocycles. The Bertz CT molecular complexity index is 1030. The summed E-state index contributed by atoms with van der Waals surface area (Å²) in [6.45, 7) is 7.29. The van der Waals surface area contributed by atoms with Crippen LogP contribution in [0.15, 0.2) is 54.6 Å². The van der Waals surface area contributed by atoms with Crippen molar-refractivity contribution in [1.82, 2.24) is 14.4 Å². The fraction of sp³-hybridized carbons (Fsp3) is 0.423. The van der Waals surface area contributed by atoms with Gasteiger partial charge in [-0.2, -0.15) is 0 Å². The number of para-hydroxylation sites is 1. The highest BCUT2D eigenvalue weighted by molar-refractivity contribution is 5.86. The molecule has 0 radical (unpaired) electrons. The Hall–Kier alpha value is -2.59. The van der Waals surface area contributed by atoms with Crippen molar-refractivity contribution in [3.05, 3.63) is 71.4 Å². The lowest BCUT2D eigenvalue weighted by molar-refractivity contribution is -0.134. The molecule has 30 heavy (non-hydrogen) atoms. The smallest absolute Gasteiger partial charge is 0.237 e. The summed E-state index contributed by atoms with van der Waals surface area (Å²) in [6.07, 6.45) is 3.55. The molecular weight excluding hydrogens is 370 g/mol. The largest absolute Gasteiger partial charge is 0.341 e. The van der Waals surface area contributed by atoms with E-state index in [1.165, 1.54) is 47.0 Å². The van der Waals surface area contributed by atoms with Gasteiger partial charge in [0.1, 0.15) is 0 Å². The van der Waals surface area contributed by atoms with Crippen LogP contribution in [0.1, 0.15) is 29.7 Å². The third-order valence-electron chi connectivity index (χ3n) is 7.08. The number of fused-ring (bicyclic) bond motifs is 3. The van der Waals surface area contributed by atoms with Gasteiger partial charge < -0.3 is 9.47 Å². The van der Waals surface area contributed by atoms with Gasteiger partial charge in [-0.3, -0.25) is 9.69 Å². The molecule has 1 amide bonds. The van der Waals surface area contributed by atoms with Crippen LogP contribution in [0.5, 0.6) is 0 Å². The minimum absolute atomic E-state index is 0.285. The second kappa shape index (κ2) is 8.27. The first-order chi connectivity index (χ1) is 14.7. The van der Waals surface area contributed by atoms with E-state index in [0.29, 0.717) is 6.54 Å². The zero-order chi connectivity index (χ0) is 20.5. The van der Waals surface area contributed by atoms with E-state index < -0.39 is 0 Å². The Morgan fingerprint density at radius 1 is 0.933 bits per heavy atom. The maximum atomic E-state index is 13.1. The van der Waals surface area contributed by atoms with Crippen molar-refractivity contribution in [2.45, 2.75) is 39.3 Å². The van der Waals surface area contributed by atoms with Crippen molar-refractivity contribution in [3.8, 4) is 0 Å². The Morgan fingerprint density at radius 2 is 1.67 bits per heavy atom. The minimum Gasteiger partial charge on any atom is -0.341 e. The van der Waals surface area contributed by atoms with Gasteiger partial charge in [0.2, 0.25) is 5.91 Å². The SMILES string of the molecule is Cc1c2n(c3ccccc13)CCN(C(=O)CN1CCC(Cc3ccccc3)CC1)C2. The number of aryl methyl sites for hydroxylation is 1. The number of benzene rings is 2. The standard InChI is InChI=1S/C26H31N3O/c1-20-23-9-5-6-10-24(23)29-16-15-28(18-25(20)29)26(30)19-27-13-11-22(12-14-27)17-21-7-3-2-4-8-21/h2-10,22H,11-19H2,1H3. The normalized spacial score (nSPS) is 18.0. The highest BCUT2D eigenvalue weighted by atomic mass is 16.2. The molecule has 0 spiro atoms. The molecule has 0 atom stereocenters. The Kier molecular flexibility index (Phi) is 5.34. The molecule has 1 saturated heterocycles. The number of aromatic nitrogens is 1. The van der Waals surface area contributed by atoms with Gasteiger partial charge in [-0.25, -0.2) is 0 Å². The van der Waals surface area contributed by atoms with Crippen molar-refractivity contribution in [2.75, 3.05) is 26.2 Å². The van der Waals surface area contributed by atoms with Crippen molar-refractivity contribution >= 4 is 16.8 Å². The summed E-state index contributed by atoms with van der Waals surface area (Å²) in [5.74, 6) is 1.03. The van der Waals surface area contributed by atoms with E-state index in [0.717, 1.165) is 38.6 Å². The average Bonchev–Trinajstić information content (AvgIpc) is 3.08. The van der Waals surface area contributed by atoms with Gasteiger partial charge in [-0.15, -0.1) is 0 Å². The first-order valence-corrected chi connectivity index (χ1v) is 11.3. The Balaban J connectivity index is 1.17. The predicted octanol–water partition coefficient (Wildman–Crippen LogP) is 4.25. The summed E-state index contributed by atoms with van der Waals surface area (Å²) in [5.41, 5.74) is 5.37. The molecule has 156 valence electrons. The quantitative estimate of drug-likeness (QED) is 0.654. The fourth-order valence-electron chi connectivity index (χ4n) is 5.27. The molecule has 2 aliphatic heterocycles. The molecule has 0 saturated carbocycles. The lowest BCUT2D eigenvalue weighted by Gasteiger charge is -2.35. The molecule has 3 heterocycles. The number of rotatable bonds is 4. The third kappa shape index (κ3) is 3.77. The molecular formula is C26H31N3O. The summed E-state index contributed by atoms with van der Waals surface area (Å²) in [6, 6.07) is 19.4. The number of hydrogen-bond acceptors (Lipinski definition) is 2. The highest BCUT2D eigenvalue weighted by Crippen LogP contribution is 2.29. The first-order valence-electron chi connectivity index (χ1n) is 11.3. The maximum Gasteiger partial charge on any atom is 0.237 e. The van der Waals surface area contributed by atoms with E-state index in [1.807, 2.05) is 0 Å². The highest BCUT2D eigenvalue weighted by Gasteiger charge is 2.27. The van der Waals surface area contributed by atoms with Crippen LogP contribution in [0.2, 0.25) is 0 Å². The Labute approximate surface area is 179 Å². The molecule has 1 aromatic heterocycles. The second-order valence-corrected chi connectivity index (χ2v) is 8.97. The van der Waals surface area contributed by atoms with Crippen molar-refractivity contribution in [3.63, 3.8) is 0 Å². The fourth-order valence-corrected chi connectivity index (χ4v) is 5.27. The second-order valence-electron chi connectivity index (χ2n) is 8.97.